The zero-order chi connectivity index (χ0) is 18.9. The average molecular weight is 489 g/mol. The number of halogens is 1. The third-order valence-corrected chi connectivity index (χ3v) is 7.10. The predicted octanol–water partition coefficient (Wildman–Crippen LogP) is 5.06. The van der Waals surface area contributed by atoms with Crippen molar-refractivity contribution < 1.29 is 13.2 Å². The minimum atomic E-state index is -3.68. The molecule has 0 radical (unpaired) electrons. The highest BCUT2D eigenvalue weighted by Crippen LogP contribution is 2.33. The molecule has 1 heterocycles. The molecular formula is C21H16INO3S. The summed E-state index contributed by atoms with van der Waals surface area (Å²) in [5.41, 5.74) is 1.66. The van der Waals surface area contributed by atoms with Crippen LogP contribution in [-0.4, -0.2) is 12.4 Å². The van der Waals surface area contributed by atoms with E-state index in [1.165, 1.54) is 3.97 Å². The van der Waals surface area contributed by atoms with E-state index < -0.39 is 10.0 Å². The number of benzene rings is 3. The standard InChI is InChI=1S/C21H16INO3S/c22-21-14-18-19(23(21)27(24,25)17-10-5-2-6-11-17)12-7-13-20(18)26-15-16-8-3-1-4-9-16/h1-14H,15H2. The van der Waals surface area contributed by atoms with E-state index in [1.807, 2.05) is 48.5 Å². The first kappa shape index (κ1) is 18.1. The molecule has 0 aliphatic rings. The Morgan fingerprint density at radius 2 is 1.52 bits per heavy atom. The van der Waals surface area contributed by atoms with Crippen molar-refractivity contribution in [3.05, 3.63) is 94.2 Å². The van der Waals surface area contributed by atoms with Crippen molar-refractivity contribution in [3.8, 4) is 5.75 Å². The number of ether oxygens (including phenoxy) is 1. The number of rotatable bonds is 5. The molecule has 0 aliphatic heterocycles. The van der Waals surface area contributed by atoms with Gasteiger partial charge in [0.05, 0.1) is 14.1 Å². The second kappa shape index (κ2) is 7.36. The van der Waals surface area contributed by atoms with Gasteiger partial charge in [0.15, 0.2) is 0 Å². The SMILES string of the molecule is O=S(=O)(c1ccccc1)n1c(I)cc2c(OCc3ccccc3)cccc21. The van der Waals surface area contributed by atoms with Gasteiger partial charge >= 0.3 is 0 Å². The Morgan fingerprint density at radius 3 is 2.22 bits per heavy atom. The van der Waals surface area contributed by atoms with Gasteiger partial charge in [-0.25, -0.2) is 12.4 Å². The van der Waals surface area contributed by atoms with Gasteiger partial charge in [-0.3, -0.25) is 0 Å². The minimum Gasteiger partial charge on any atom is -0.488 e. The molecule has 136 valence electrons. The summed E-state index contributed by atoms with van der Waals surface area (Å²) in [6.45, 7) is 0.424. The lowest BCUT2D eigenvalue weighted by atomic mass is 10.2. The van der Waals surface area contributed by atoms with E-state index in [9.17, 15) is 8.42 Å². The summed E-state index contributed by atoms with van der Waals surface area (Å²) in [4.78, 5) is 0.260. The quantitative estimate of drug-likeness (QED) is 0.369. The average Bonchev–Trinajstić information content (AvgIpc) is 3.05. The smallest absolute Gasteiger partial charge is 0.269 e. The molecule has 0 atom stereocenters. The van der Waals surface area contributed by atoms with Crippen LogP contribution >= 0.6 is 22.6 Å². The van der Waals surface area contributed by atoms with Gasteiger partial charge in [0.2, 0.25) is 0 Å². The highest BCUT2D eigenvalue weighted by Gasteiger charge is 2.23. The molecule has 0 bridgehead atoms. The summed E-state index contributed by atoms with van der Waals surface area (Å²) in [5.74, 6) is 0.663. The third-order valence-electron chi connectivity index (χ3n) is 4.24. The van der Waals surface area contributed by atoms with Crippen LogP contribution in [0, 0.1) is 3.70 Å². The largest absolute Gasteiger partial charge is 0.488 e. The Bertz CT molecular complexity index is 1190. The summed E-state index contributed by atoms with van der Waals surface area (Å²) in [5, 5.41) is 0.775. The first-order valence-corrected chi connectivity index (χ1v) is 10.9. The fraction of sp³-hybridized carbons (Fsp3) is 0.0476. The zero-order valence-corrected chi connectivity index (χ0v) is 17.2. The summed E-state index contributed by atoms with van der Waals surface area (Å²) in [7, 11) is -3.68. The van der Waals surface area contributed by atoms with Crippen molar-refractivity contribution in [2.45, 2.75) is 11.5 Å². The second-order valence-corrected chi connectivity index (χ2v) is 8.90. The van der Waals surface area contributed by atoms with E-state index in [-0.39, 0.29) is 4.90 Å². The van der Waals surface area contributed by atoms with Crippen LogP contribution in [0.1, 0.15) is 5.56 Å². The van der Waals surface area contributed by atoms with Crippen molar-refractivity contribution in [2.24, 2.45) is 0 Å². The summed E-state index contributed by atoms with van der Waals surface area (Å²) >= 11 is 2.05. The molecule has 27 heavy (non-hydrogen) atoms. The molecule has 0 spiro atoms. The molecule has 1 aromatic heterocycles. The highest BCUT2D eigenvalue weighted by atomic mass is 127. The van der Waals surface area contributed by atoms with Crippen LogP contribution in [0.15, 0.2) is 89.8 Å². The van der Waals surface area contributed by atoms with Gasteiger partial charge in [0.1, 0.15) is 12.4 Å². The van der Waals surface area contributed by atoms with Gasteiger partial charge in [-0.1, -0.05) is 54.6 Å². The van der Waals surface area contributed by atoms with Crippen LogP contribution in [0.5, 0.6) is 5.75 Å². The molecule has 0 amide bonds. The predicted molar refractivity (Wildman–Crippen MR) is 114 cm³/mol. The van der Waals surface area contributed by atoms with E-state index in [0.29, 0.717) is 21.6 Å². The van der Waals surface area contributed by atoms with Crippen LogP contribution in [0.4, 0.5) is 0 Å². The Kier molecular flexibility index (Phi) is 4.92. The summed E-state index contributed by atoms with van der Waals surface area (Å²) < 4.78 is 34.2. The highest BCUT2D eigenvalue weighted by molar-refractivity contribution is 14.1. The Labute approximate surface area is 171 Å². The Balaban J connectivity index is 1.77. The molecule has 0 unspecified atom stereocenters. The van der Waals surface area contributed by atoms with Crippen molar-refractivity contribution in [1.82, 2.24) is 3.97 Å². The maximum Gasteiger partial charge on any atom is 0.269 e. The van der Waals surface area contributed by atoms with Crippen LogP contribution in [0.3, 0.4) is 0 Å². The van der Waals surface area contributed by atoms with Gasteiger partial charge in [-0.2, -0.15) is 0 Å². The molecule has 4 aromatic rings. The van der Waals surface area contributed by atoms with Crippen LogP contribution < -0.4 is 4.74 Å². The third kappa shape index (κ3) is 3.46. The second-order valence-electron chi connectivity index (χ2n) is 6.01. The maximum absolute atomic E-state index is 13.1. The van der Waals surface area contributed by atoms with E-state index in [2.05, 4.69) is 22.6 Å². The molecule has 0 aliphatic carbocycles. The van der Waals surface area contributed by atoms with E-state index in [4.69, 9.17) is 4.74 Å². The molecule has 0 saturated carbocycles. The van der Waals surface area contributed by atoms with Crippen molar-refractivity contribution in [1.29, 1.82) is 0 Å². The van der Waals surface area contributed by atoms with Crippen molar-refractivity contribution in [2.75, 3.05) is 0 Å². The van der Waals surface area contributed by atoms with Crippen LogP contribution in [0.2, 0.25) is 0 Å². The zero-order valence-electron chi connectivity index (χ0n) is 14.2. The van der Waals surface area contributed by atoms with Gasteiger partial charge in [-0.15, -0.1) is 0 Å². The monoisotopic (exact) mass is 489 g/mol. The number of hydrogen-bond donors (Lipinski definition) is 0. The summed E-state index contributed by atoms with van der Waals surface area (Å²) in [6.07, 6.45) is 0. The van der Waals surface area contributed by atoms with Crippen LogP contribution in [0.25, 0.3) is 10.9 Å². The van der Waals surface area contributed by atoms with E-state index in [0.717, 1.165) is 10.9 Å². The molecule has 6 heteroatoms. The van der Waals surface area contributed by atoms with Crippen LogP contribution in [-0.2, 0) is 16.6 Å². The van der Waals surface area contributed by atoms with Gasteiger partial charge in [0.25, 0.3) is 10.0 Å². The Hall–Kier alpha value is -2.32. The van der Waals surface area contributed by atoms with Gasteiger partial charge in [-0.05, 0) is 58.5 Å². The van der Waals surface area contributed by atoms with E-state index in [1.54, 1.807) is 36.4 Å². The topological polar surface area (TPSA) is 48.3 Å². The van der Waals surface area contributed by atoms with Gasteiger partial charge in [0, 0.05) is 5.39 Å². The maximum atomic E-state index is 13.1. The molecule has 4 nitrogen and oxygen atoms in total. The molecular weight excluding hydrogens is 473 g/mol. The molecule has 0 fully saturated rings. The Morgan fingerprint density at radius 1 is 0.852 bits per heavy atom. The fourth-order valence-electron chi connectivity index (χ4n) is 2.95. The first-order valence-electron chi connectivity index (χ1n) is 8.35. The molecule has 3 aromatic carbocycles. The molecule has 0 N–H and O–H groups in total. The molecule has 0 saturated heterocycles. The van der Waals surface area contributed by atoms with Crippen molar-refractivity contribution in [3.63, 3.8) is 0 Å². The normalized spacial score (nSPS) is 11.6. The number of fused-ring (bicyclic) bond motifs is 1. The van der Waals surface area contributed by atoms with Gasteiger partial charge < -0.3 is 4.74 Å². The lowest BCUT2D eigenvalue weighted by molar-refractivity contribution is 0.310. The van der Waals surface area contributed by atoms with Crippen molar-refractivity contribution >= 4 is 43.5 Å². The van der Waals surface area contributed by atoms with E-state index >= 15 is 0 Å². The summed E-state index contributed by atoms with van der Waals surface area (Å²) in [6, 6.07) is 25.6. The minimum absolute atomic E-state index is 0.260. The fourth-order valence-corrected chi connectivity index (χ4v) is 5.71. The first-order chi connectivity index (χ1) is 13.1. The lowest BCUT2D eigenvalue weighted by Crippen LogP contribution is -2.14. The number of nitrogens with zero attached hydrogens (tertiary/aromatic N) is 1. The molecule has 4 rings (SSSR count). The number of aromatic nitrogens is 1. The lowest BCUT2D eigenvalue weighted by Gasteiger charge is -2.10. The number of hydrogen-bond acceptors (Lipinski definition) is 3.